The maximum absolute atomic E-state index is 11.3. The number of aliphatic carboxylic acids is 1. The van der Waals surface area contributed by atoms with Crippen LogP contribution in [0.25, 0.3) is 40.5 Å². The fourth-order valence-corrected chi connectivity index (χ4v) is 5.39. The number of hydrogen-bond acceptors (Lipinski definition) is 3. The fraction of sp³-hybridized carbons (Fsp3) is 0. The Bertz CT molecular complexity index is 2100. The molecule has 6 aromatic carbocycles. The molecule has 6 aromatic rings. The number of nitriles is 1. The van der Waals surface area contributed by atoms with E-state index in [1.165, 1.54) is 17.2 Å². The number of carboxylic acids is 1. The number of benzene rings is 6. The SMILES string of the molecule is N#C/C(=C\c1ccc(N(c2ccc(/C=C/C=C/c3ccc(-c4ccccc4)cc3)cc2)c2ccc(-c3ccccc3)cc2)cc1)C(=O)O. The number of allylic oxidation sites excluding steroid dienone is 2. The predicted octanol–water partition coefficient (Wildman–Crippen LogP) is 11.2. The monoisotopic (exact) mass is 620 g/mol. The van der Waals surface area contributed by atoms with Crippen molar-refractivity contribution in [1.82, 2.24) is 0 Å². The molecular formula is C44H32N2O2. The van der Waals surface area contributed by atoms with Crippen molar-refractivity contribution in [2.75, 3.05) is 4.90 Å². The Morgan fingerprint density at radius 3 is 1.27 bits per heavy atom. The van der Waals surface area contributed by atoms with Gasteiger partial charge in [0.25, 0.3) is 0 Å². The van der Waals surface area contributed by atoms with E-state index < -0.39 is 5.97 Å². The lowest BCUT2D eigenvalue weighted by atomic mass is 10.0. The average molecular weight is 621 g/mol. The van der Waals surface area contributed by atoms with Gasteiger partial charge in [-0.05, 0) is 81.4 Å². The zero-order valence-electron chi connectivity index (χ0n) is 26.1. The third-order valence-electron chi connectivity index (χ3n) is 7.90. The van der Waals surface area contributed by atoms with Crippen LogP contribution in [0.3, 0.4) is 0 Å². The molecule has 0 radical (unpaired) electrons. The summed E-state index contributed by atoms with van der Waals surface area (Å²) in [5, 5.41) is 18.4. The van der Waals surface area contributed by atoms with E-state index in [1.54, 1.807) is 6.07 Å². The highest BCUT2D eigenvalue weighted by Crippen LogP contribution is 2.36. The second-order valence-electron chi connectivity index (χ2n) is 11.1. The lowest BCUT2D eigenvalue weighted by molar-refractivity contribution is -0.132. The van der Waals surface area contributed by atoms with Gasteiger partial charge < -0.3 is 10.0 Å². The Balaban J connectivity index is 1.22. The molecule has 4 nitrogen and oxygen atoms in total. The molecule has 0 saturated heterocycles. The summed E-state index contributed by atoms with van der Waals surface area (Å²) >= 11 is 0. The van der Waals surface area contributed by atoms with Crippen LogP contribution in [0.5, 0.6) is 0 Å². The summed E-state index contributed by atoms with van der Waals surface area (Å²) < 4.78 is 0. The minimum Gasteiger partial charge on any atom is -0.477 e. The van der Waals surface area contributed by atoms with Crippen molar-refractivity contribution in [2.45, 2.75) is 0 Å². The van der Waals surface area contributed by atoms with Crippen LogP contribution in [-0.4, -0.2) is 11.1 Å². The number of rotatable bonds is 10. The Hall–Kier alpha value is -6.70. The van der Waals surface area contributed by atoms with Gasteiger partial charge in [0, 0.05) is 17.1 Å². The molecule has 0 unspecified atom stereocenters. The number of anilines is 3. The van der Waals surface area contributed by atoms with Crippen molar-refractivity contribution in [3.05, 3.63) is 192 Å². The number of hydrogen-bond donors (Lipinski definition) is 1. The van der Waals surface area contributed by atoms with Gasteiger partial charge in [0.15, 0.2) is 0 Å². The Morgan fingerprint density at radius 1 is 0.500 bits per heavy atom. The first-order valence-electron chi connectivity index (χ1n) is 15.6. The zero-order valence-corrected chi connectivity index (χ0v) is 26.1. The Morgan fingerprint density at radius 2 is 0.854 bits per heavy atom. The van der Waals surface area contributed by atoms with Gasteiger partial charge in [-0.2, -0.15) is 5.26 Å². The molecule has 1 N–H and O–H groups in total. The Kier molecular flexibility index (Phi) is 9.81. The molecule has 0 saturated carbocycles. The first-order chi connectivity index (χ1) is 23.6. The molecule has 0 aliphatic rings. The van der Waals surface area contributed by atoms with Gasteiger partial charge in [-0.15, -0.1) is 0 Å². The summed E-state index contributed by atoms with van der Waals surface area (Å²) in [6, 6.07) is 55.1. The number of carboxylic acid groups (broad SMARTS) is 1. The minimum atomic E-state index is -1.25. The quantitative estimate of drug-likeness (QED) is 0.0940. The van der Waals surface area contributed by atoms with Gasteiger partial charge in [-0.3, -0.25) is 0 Å². The molecule has 0 fully saturated rings. The molecule has 4 heteroatoms. The van der Waals surface area contributed by atoms with Crippen LogP contribution in [-0.2, 0) is 4.79 Å². The maximum Gasteiger partial charge on any atom is 0.346 e. The molecule has 0 amide bonds. The average Bonchev–Trinajstić information content (AvgIpc) is 3.15. The molecule has 0 aromatic heterocycles. The van der Waals surface area contributed by atoms with Gasteiger partial charge in [-0.1, -0.05) is 146 Å². The lowest BCUT2D eigenvalue weighted by Crippen LogP contribution is -2.09. The first kappa shape index (κ1) is 31.3. The van der Waals surface area contributed by atoms with Gasteiger partial charge >= 0.3 is 5.97 Å². The molecule has 0 atom stereocenters. The molecule has 230 valence electrons. The van der Waals surface area contributed by atoms with Gasteiger partial charge in [0.2, 0.25) is 0 Å². The zero-order chi connectivity index (χ0) is 33.1. The van der Waals surface area contributed by atoms with Crippen LogP contribution >= 0.6 is 0 Å². The van der Waals surface area contributed by atoms with Gasteiger partial charge in [0.05, 0.1) is 0 Å². The van der Waals surface area contributed by atoms with Crippen LogP contribution < -0.4 is 4.90 Å². The minimum absolute atomic E-state index is 0.310. The van der Waals surface area contributed by atoms with E-state index in [-0.39, 0.29) is 5.57 Å². The van der Waals surface area contributed by atoms with E-state index in [0.717, 1.165) is 39.3 Å². The van der Waals surface area contributed by atoms with Crippen molar-refractivity contribution >= 4 is 41.3 Å². The maximum atomic E-state index is 11.3. The van der Waals surface area contributed by atoms with E-state index in [0.29, 0.717) is 5.56 Å². The molecule has 0 bridgehead atoms. The van der Waals surface area contributed by atoms with Crippen LogP contribution in [0.2, 0.25) is 0 Å². The van der Waals surface area contributed by atoms with Crippen molar-refractivity contribution < 1.29 is 9.90 Å². The molecular weight excluding hydrogens is 588 g/mol. The molecule has 0 spiro atoms. The molecule has 0 heterocycles. The topological polar surface area (TPSA) is 64.3 Å². The normalized spacial score (nSPS) is 11.4. The third kappa shape index (κ3) is 7.74. The van der Waals surface area contributed by atoms with E-state index in [2.05, 4.69) is 126 Å². The van der Waals surface area contributed by atoms with Crippen LogP contribution in [0.15, 0.2) is 175 Å². The highest BCUT2D eigenvalue weighted by molar-refractivity contribution is 5.96. The van der Waals surface area contributed by atoms with E-state index in [9.17, 15) is 15.2 Å². The molecule has 48 heavy (non-hydrogen) atoms. The molecule has 0 aliphatic carbocycles. The van der Waals surface area contributed by atoms with Crippen LogP contribution in [0.1, 0.15) is 16.7 Å². The lowest BCUT2D eigenvalue weighted by Gasteiger charge is -2.26. The summed E-state index contributed by atoms with van der Waals surface area (Å²) in [4.78, 5) is 13.5. The van der Waals surface area contributed by atoms with Crippen LogP contribution in [0.4, 0.5) is 17.1 Å². The first-order valence-corrected chi connectivity index (χ1v) is 15.6. The summed E-state index contributed by atoms with van der Waals surface area (Å²) in [7, 11) is 0. The van der Waals surface area contributed by atoms with Crippen LogP contribution in [0, 0.1) is 11.3 Å². The van der Waals surface area contributed by atoms with E-state index in [1.807, 2.05) is 60.7 Å². The Labute approximate surface area is 281 Å². The highest BCUT2D eigenvalue weighted by atomic mass is 16.4. The van der Waals surface area contributed by atoms with Gasteiger partial charge in [0.1, 0.15) is 11.6 Å². The predicted molar refractivity (Wildman–Crippen MR) is 198 cm³/mol. The summed E-state index contributed by atoms with van der Waals surface area (Å²) in [6.45, 7) is 0. The summed E-state index contributed by atoms with van der Waals surface area (Å²) in [6.07, 6.45) is 9.63. The summed E-state index contributed by atoms with van der Waals surface area (Å²) in [5.74, 6) is -1.25. The standard InChI is InChI=1S/C44H32N2O2/c45-32-40(44(47)48)31-35-19-27-42(28-20-35)46(43-29-23-39(24-30-43)37-13-5-2-6-14-37)41-25-17-34(18-26-41)10-8-7-9-33-15-21-38(22-16-33)36-11-3-1-4-12-36/h1-31H,(H,47,48)/b9-7+,10-8+,40-31+. The second kappa shape index (κ2) is 15.1. The number of nitrogens with zero attached hydrogens (tertiary/aromatic N) is 2. The summed E-state index contributed by atoms with van der Waals surface area (Å²) in [5.41, 5.74) is 10.1. The molecule has 6 rings (SSSR count). The number of carbonyl (C=O) groups is 1. The second-order valence-corrected chi connectivity index (χ2v) is 11.1. The highest BCUT2D eigenvalue weighted by Gasteiger charge is 2.13. The van der Waals surface area contributed by atoms with Crippen molar-refractivity contribution in [1.29, 1.82) is 5.26 Å². The largest absolute Gasteiger partial charge is 0.477 e. The third-order valence-corrected chi connectivity index (χ3v) is 7.90. The van der Waals surface area contributed by atoms with Crippen molar-refractivity contribution in [3.63, 3.8) is 0 Å². The molecule has 0 aliphatic heterocycles. The smallest absolute Gasteiger partial charge is 0.346 e. The van der Waals surface area contributed by atoms with Gasteiger partial charge in [-0.25, -0.2) is 4.79 Å². The van der Waals surface area contributed by atoms with E-state index >= 15 is 0 Å². The fourth-order valence-electron chi connectivity index (χ4n) is 5.39. The van der Waals surface area contributed by atoms with E-state index in [4.69, 9.17) is 0 Å². The van der Waals surface area contributed by atoms with Crippen molar-refractivity contribution in [3.8, 4) is 28.3 Å². The van der Waals surface area contributed by atoms with Crippen molar-refractivity contribution in [2.24, 2.45) is 0 Å².